The third-order valence-electron chi connectivity index (χ3n) is 1.97. The predicted octanol–water partition coefficient (Wildman–Crippen LogP) is 2.21. The molecule has 1 N–H and O–H groups in total. The summed E-state index contributed by atoms with van der Waals surface area (Å²) in [5.41, 5.74) is 0.936. The van der Waals surface area contributed by atoms with Crippen molar-refractivity contribution in [2.45, 2.75) is 26.0 Å². The molecule has 4 nitrogen and oxygen atoms in total. The summed E-state index contributed by atoms with van der Waals surface area (Å²) in [5, 5.41) is 11.0. The molecule has 0 fully saturated rings. The zero-order chi connectivity index (χ0) is 11.8. The Balaban J connectivity index is 2.28. The standard InChI is InChI=1S/C12H14N2O2/c1-10(7-8-13)14-12(15)16-9-11-5-3-2-4-6-11/h2-6,10H,7,9H2,1H3,(H,14,15). The van der Waals surface area contributed by atoms with Crippen molar-refractivity contribution in [1.29, 1.82) is 5.26 Å². The highest BCUT2D eigenvalue weighted by Gasteiger charge is 2.07. The Labute approximate surface area is 94.8 Å². The number of nitrogens with zero attached hydrogens (tertiary/aromatic N) is 1. The van der Waals surface area contributed by atoms with Crippen LogP contribution in [0, 0.1) is 11.3 Å². The third-order valence-corrected chi connectivity index (χ3v) is 1.97. The zero-order valence-electron chi connectivity index (χ0n) is 9.14. The van der Waals surface area contributed by atoms with E-state index in [4.69, 9.17) is 10.00 Å². The molecule has 0 aliphatic carbocycles. The Kier molecular flexibility index (Phi) is 4.87. The van der Waals surface area contributed by atoms with Crippen molar-refractivity contribution in [2.75, 3.05) is 0 Å². The van der Waals surface area contributed by atoms with Crippen molar-refractivity contribution in [3.63, 3.8) is 0 Å². The fraction of sp³-hybridized carbons (Fsp3) is 0.333. The van der Waals surface area contributed by atoms with E-state index in [1.54, 1.807) is 6.92 Å². The molecule has 1 unspecified atom stereocenters. The molecule has 0 saturated heterocycles. The first-order valence-electron chi connectivity index (χ1n) is 5.06. The summed E-state index contributed by atoms with van der Waals surface area (Å²) in [4.78, 5) is 11.3. The maximum Gasteiger partial charge on any atom is 0.407 e. The van der Waals surface area contributed by atoms with Gasteiger partial charge < -0.3 is 10.1 Å². The molecule has 0 aromatic heterocycles. The average molecular weight is 218 g/mol. The smallest absolute Gasteiger partial charge is 0.407 e. The monoisotopic (exact) mass is 218 g/mol. The molecule has 4 heteroatoms. The normalized spacial score (nSPS) is 11.2. The average Bonchev–Trinajstić information content (AvgIpc) is 2.28. The number of amides is 1. The molecule has 84 valence electrons. The summed E-state index contributed by atoms with van der Waals surface area (Å²) in [7, 11) is 0. The lowest BCUT2D eigenvalue weighted by Gasteiger charge is -2.10. The molecular formula is C12H14N2O2. The summed E-state index contributed by atoms with van der Waals surface area (Å²) in [6.45, 7) is 2.00. The lowest BCUT2D eigenvalue weighted by atomic mass is 10.2. The number of rotatable bonds is 4. The number of nitrogens with one attached hydrogen (secondary N) is 1. The van der Waals surface area contributed by atoms with Crippen LogP contribution < -0.4 is 5.32 Å². The van der Waals surface area contributed by atoms with E-state index in [0.717, 1.165) is 5.56 Å². The summed E-state index contributed by atoms with van der Waals surface area (Å²) in [6, 6.07) is 11.2. The first-order valence-corrected chi connectivity index (χ1v) is 5.06. The van der Waals surface area contributed by atoms with E-state index >= 15 is 0 Å². The third kappa shape index (κ3) is 4.47. The molecule has 0 aliphatic rings. The van der Waals surface area contributed by atoms with E-state index in [9.17, 15) is 4.79 Å². The molecule has 0 saturated carbocycles. The van der Waals surface area contributed by atoms with Crippen LogP contribution in [0.3, 0.4) is 0 Å². The van der Waals surface area contributed by atoms with Gasteiger partial charge in [-0.15, -0.1) is 0 Å². The minimum absolute atomic E-state index is 0.187. The second-order valence-electron chi connectivity index (χ2n) is 3.47. The predicted molar refractivity (Wildman–Crippen MR) is 59.5 cm³/mol. The number of nitriles is 1. The van der Waals surface area contributed by atoms with Gasteiger partial charge in [0.05, 0.1) is 12.5 Å². The molecule has 0 radical (unpaired) electrons. The van der Waals surface area contributed by atoms with Gasteiger partial charge in [0.15, 0.2) is 0 Å². The summed E-state index contributed by atoms with van der Waals surface area (Å²) in [5.74, 6) is 0. The van der Waals surface area contributed by atoms with Crippen LogP contribution in [0.25, 0.3) is 0 Å². The van der Waals surface area contributed by atoms with Gasteiger partial charge in [0, 0.05) is 6.04 Å². The number of hydrogen-bond donors (Lipinski definition) is 1. The van der Waals surface area contributed by atoms with Crippen molar-refractivity contribution in [3.8, 4) is 6.07 Å². The molecule has 0 bridgehead atoms. The second-order valence-corrected chi connectivity index (χ2v) is 3.47. The van der Waals surface area contributed by atoms with Crippen molar-refractivity contribution < 1.29 is 9.53 Å². The lowest BCUT2D eigenvalue weighted by Crippen LogP contribution is -2.32. The molecule has 0 aliphatic heterocycles. The first kappa shape index (κ1) is 12.1. The van der Waals surface area contributed by atoms with Crippen LogP contribution >= 0.6 is 0 Å². The maximum atomic E-state index is 11.3. The molecule has 16 heavy (non-hydrogen) atoms. The van der Waals surface area contributed by atoms with E-state index in [2.05, 4.69) is 5.32 Å². The molecule has 1 rings (SSSR count). The van der Waals surface area contributed by atoms with Crippen LogP contribution in [-0.4, -0.2) is 12.1 Å². The number of hydrogen-bond acceptors (Lipinski definition) is 3. The van der Waals surface area contributed by atoms with Crippen molar-refractivity contribution >= 4 is 6.09 Å². The topological polar surface area (TPSA) is 62.1 Å². The molecule has 1 atom stereocenters. The quantitative estimate of drug-likeness (QED) is 0.842. The number of alkyl carbamates (subject to hydrolysis) is 1. The van der Waals surface area contributed by atoms with Crippen molar-refractivity contribution in [3.05, 3.63) is 35.9 Å². The van der Waals surface area contributed by atoms with Crippen molar-refractivity contribution in [2.24, 2.45) is 0 Å². The van der Waals surface area contributed by atoms with E-state index < -0.39 is 6.09 Å². The van der Waals surface area contributed by atoms with E-state index in [-0.39, 0.29) is 19.1 Å². The fourth-order valence-electron chi connectivity index (χ4n) is 1.15. The van der Waals surface area contributed by atoms with Crippen molar-refractivity contribution in [1.82, 2.24) is 5.32 Å². The Morgan fingerprint density at radius 2 is 2.19 bits per heavy atom. The summed E-state index contributed by atoms with van der Waals surface area (Å²) >= 11 is 0. The molecular weight excluding hydrogens is 204 g/mol. The highest BCUT2D eigenvalue weighted by Crippen LogP contribution is 2.00. The lowest BCUT2D eigenvalue weighted by molar-refractivity contribution is 0.136. The highest BCUT2D eigenvalue weighted by molar-refractivity contribution is 5.67. The largest absolute Gasteiger partial charge is 0.445 e. The van der Waals surface area contributed by atoms with Gasteiger partial charge in [-0.1, -0.05) is 30.3 Å². The maximum absolute atomic E-state index is 11.3. The Morgan fingerprint density at radius 3 is 2.81 bits per heavy atom. The van der Waals surface area contributed by atoms with Gasteiger partial charge in [-0.05, 0) is 12.5 Å². The minimum atomic E-state index is -0.494. The van der Waals surface area contributed by atoms with Crippen LogP contribution in [-0.2, 0) is 11.3 Å². The number of benzene rings is 1. The Hall–Kier alpha value is -2.02. The summed E-state index contributed by atoms with van der Waals surface area (Å²) < 4.78 is 4.99. The Bertz CT molecular complexity index is 370. The van der Waals surface area contributed by atoms with E-state index in [1.807, 2.05) is 36.4 Å². The van der Waals surface area contributed by atoms with Gasteiger partial charge in [-0.3, -0.25) is 0 Å². The van der Waals surface area contributed by atoms with Crippen LogP contribution in [0.15, 0.2) is 30.3 Å². The second kappa shape index (κ2) is 6.46. The van der Waals surface area contributed by atoms with Crippen LogP contribution in [0.2, 0.25) is 0 Å². The molecule has 1 amide bonds. The molecule has 1 aromatic carbocycles. The van der Waals surface area contributed by atoms with Crippen LogP contribution in [0.4, 0.5) is 4.79 Å². The van der Waals surface area contributed by atoms with Gasteiger partial charge in [-0.2, -0.15) is 5.26 Å². The number of ether oxygens (including phenoxy) is 1. The number of carbonyl (C=O) groups excluding carboxylic acids is 1. The van der Waals surface area contributed by atoms with Gasteiger partial charge in [0.2, 0.25) is 0 Å². The van der Waals surface area contributed by atoms with E-state index in [0.29, 0.717) is 0 Å². The van der Waals surface area contributed by atoms with Crippen LogP contribution in [0.1, 0.15) is 18.9 Å². The molecule has 0 heterocycles. The SMILES string of the molecule is CC(CC#N)NC(=O)OCc1ccccc1. The number of carbonyl (C=O) groups is 1. The highest BCUT2D eigenvalue weighted by atomic mass is 16.5. The van der Waals surface area contributed by atoms with Gasteiger partial charge in [0.25, 0.3) is 0 Å². The molecule has 1 aromatic rings. The van der Waals surface area contributed by atoms with Gasteiger partial charge >= 0.3 is 6.09 Å². The van der Waals surface area contributed by atoms with Crippen LogP contribution in [0.5, 0.6) is 0 Å². The van der Waals surface area contributed by atoms with E-state index in [1.165, 1.54) is 0 Å². The first-order chi connectivity index (χ1) is 7.72. The summed E-state index contributed by atoms with van der Waals surface area (Å²) in [6.07, 6.45) is -0.216. The Morgan fingerprint density at radius 1 is 1.50 bits per heavy atom. The van der Waals surface area contributed by atoms with Gasteiger partial charge in [-0.25, -0.2) is 4.79 Å². The minimum Gasteiger partial charge on any atom is -0.445 e. The molecule has 0 spiro atoms. The van der Waals surface area contributed by atoms with Gasteiger partial charge in [0.1, 0.15) is 6.61 Å². The zero-order valence-corrected chi connectivity index (χ0v) is 9.14. The fourth-order valence-corrected chi connectivity index (χ4v) is 1.15.